The highest BCUT2D eigenvalue weighted by molar-refractivity contribution is 14.0. The van der Waals surface area contributed by atoms with Crippen LogP contribution in [0.4, 0.5) is 0 Å². The van der Waals surface area contributed by atoms with Gasteiger partial charge >= 0.3 is 0 Å². The molecule has 0 aromatic carbocycles. The highest BCUT2D eigenvalue weighted by atomic mass is 127. The molecule has 1 aromatic rings. The van der Waals surface area contributed by atoms with Crippen molar-refractivity contribution >= 4 is 29.9 Å². The molecule has 2 N–H and O–H groups in total. The standard InChI is InChI=1S/C19H32N4O.HI/c1-3-20-19(22-16-8-4-5-9-16)21-14-17(23-12-6-7-13-23)18-11-10-15(2)24-18;/h10-11,16-17H,3-9,12-14H2,1-2H3,(H2,20,21,22);1H. The summed E-state index contributed by atoms with van der Waals surface area (Å²) in [6, 6.07) is 5.01. The van der Waals surface area contributed by atoms with E-state index in [9.17, 15) is 0 Å². The fourth-order valence-electron chi connectivity index (χ4n) is 3.83. The van der Waals surface area contributed by atoms with E-state index in [1.54, 1.807) is 0 Å². The summed E-state index contributed by atoms with van der Waals surface area (Å²) in [7, 11) is 0. The van der Waals surface area contributed by atoms with Crippen LogP contribution in [0.25, 0.3) is 0 Å². The van der Waals surface area contributed by atoms with Crippen LogP contribution in [-0.4, -0.2) is 43.1 Å². The maximum absolute atomic E-state index is 5.93. The van der Waals surface area contributed by atoms with Crippen LogP contribution in [0.2, 0.25) is 0 Å². The molecule has 6 heteroatoms. The predicted molar refractivity (Wildman–Crippen MR) is 114 cm³/mol. The van der Waals surface area contributed by atoms with Gasteiger partial charge in [0.05, 0.1) is 12.6 Å². The molecule has 2 aliphatic rings. The Kier molecular flexibility index (Phi) is 8.55. The van der Waals surface area contributed by atoms with E-state index in [1.165, 1.54) is 38.5 Å². The quantitative estimate of drug-likeness (QED) is 0.385. The van der Waals surface area contributed by atoms with Crippen molar-refractivity contribution in [3.63, 3.8) is 0 Å². The van der Waals surface area contributed by atoms with Crippen LogP contribution in [0.15, 0.2) is 21.5 Å². The van der Waals surface area contributed by atoms with Crippen molar-refractivity contribution in [2.24, 2.45) is 4.99 Å². The Morgan fingerprint density at radius 2 is 1.96 bits per heavy atom. The summed E-state index contributed by atoms with van der Waals surface area (Å²) in [4.78, 5) is 7.42. The zero-order valence-corrected chi connectivity index (χ0v) is 17.9. The predicted octanol–water partition coefficient (Wildman–Crippen LogP) is 3.84. The van der Waals surface area contributed by atoms with E-state index in [0.29, 0.717) is 6.04 Å². The summed E-state index contributed by atoms with van der Waals surface area (Å²) in [6.07, 6.45) is 7.74. The van der Waals surface area contributed by atoms with Crippen LogP contribution in [-0.2, 0) is 0 Å². The smallest absolute Gasteiger partial charge is 0.191 e. The molecule has 0 radical (unpaired) electrons. The topological polar surface area (TPSA) is 52.8 Å². The maximum Gasteiger partial charge on any atom is 0.191 e. The minimum absolute atomic E-state index is 0. The van der Waals surface area contributed by atoms with E-state index in [1.807, 2.05) is 6.92 Å². The Labute approximate surface area is 169 Å². The largest absolute Gasteiger partial charge is 0.465 e. The molecule has 142 valence electrons. The summed E-state index contributed by atoms with van der Waals surface area (Å²) < 4.78 is 5.93. The highest BCUT2D eigenvalue weighted by Gasteiger charge is 2.26. The van der Waals surface area contributed by atoms with Gasteiger partial charge in [-0.2, -0.15) is 0 Å². The van der Waals surface area contributed by atoms with Gasteiger partial charge in [-0.3, -0.25) is 9.89 Å². The molecule has 0 amide bonds. The zero-order chi connectivity index (χ0) is 16.8. The molecule has 25 heavy (non-hydrogen) atoms. The number of guanidine groups is 1. The molecule has 3 rings (SSSR count). The minimum atomic E-state index is 0. The Morgan fingerprint density at radius 1 is 1.24 bits per heavy atom. The SMILES string of the molecule is CCNC(=NCC(c1ccc(C)o1)N1CCCC1)NC1CCCC1.I. The molecule has 5 nitrogen and oxygen atoms in total. The van der Waals surface area contributed by atoms with Gasteiger partial charge in [0, 0.05) is 12.6 Å². The summed E-state index contributed by atoms with van der Waals surface area (Å²) in [5, 5.41) is 7.01. The third kappa shape index (κ3) is 5.88. The first kappa shape index (κ1) is 20.6. The molecule has 0 spiro atoms. The molecular weight excluding hydrogens is 427 g/mol. The molecule has 1 aromatic heterocycles. The molecule has 2 heterocycles. The first-order chi connectivity index (χ1) is 11.8. The van der Waals surface area contributed by atoms with Gasteiger partial charge in [0.25, 0.3) is 0 Å². The Balaban J connectivity index is 0.00000225. The fraction of sp³-hybridized carbons (Fsp3) is 0.737. The van der Waals surface area contributed by atoms with Gasteiger partial charge in [-0.15, -0.1) is 24.0 Å². The molecule has 1 atom stereocenters. The average Bonchev–Trinajstić information content (AvgIpc) is 3.31. The summed E-state index contributed by atoms with van der Waals surface area (Å²) in [6.45, 7) is 8.07. The number of rotatable bonds is 6. The van der Waals surface area contributed by atoms with E-state index in [0.717, 1.165) is 43.7 Å². The maximum atomic E-state index is 5.93. The molecular formula is C19H33IN4O. The number of hydrogen-bond donors (Lipinski definition) is 2. The normalized spacial score (nSPS) is 20.5. The summed E-state index contributed by atoms with van der Waals surface area (Å²) in [5.74, 6) is 2.99. The van der Waals surface area contributed by atoms with Crippen molar-refractivity contribution in [1.29, 1.82) is 0 Å². The summed E-state index contributed by atoms with van der Waals surface area (Å²) >= 11 is 0. The van der Waals surface area contributed by atoms with Crippen molar-refractivity contribution in [1.82, 2.24) is 15.5 Å². The lowest BCUT2D eigenvalue weighted by Gasteiger charge is -2.25. The van der Waals surface area contributed by atoms with Gasteiger partial charge in [-0.25, -0.2) is 0 Å². The number of aliphatic imine (C=N–C) groups is 1. The van der Waals surface area contributed by atoms with Crippen LogP contribution in [0.3, 0.4) is 0 Å². The second-order valence-corrected chi connectivity index (χ2v) is 7.05. The monoisotopic (exact) mass is 460 g/mol. The zero-order valence-electron chi connectivity index (χ0n) is 15.6. The van der Waals surface area contributed by atoms with Crippen molar-refractivity contribution in [3.8, 4) is 0 Å². The first-order valence-corrected chi connectivity index (χ1v) is 9.61. The van der Waals surface area contributed by atoms with E-state index >= 15 is 0 Å². The van der Waals surface area contributed by atoms with Gasteiger partial charge in [0.2, 0.25) is 0 Å². The number of nitrogens with zero attached hydrogens (tertiary/aromatic N) is 2. The average molecular weight is 460 g/mol. The highest BCUT2D eigenvalue weighted by Crippen LogP contribution is 2.27. The Bertz CT molecular complexity index is 533. The third-order valence-electron chi connectivity index (χ3n) is 5.13. The fourth-order valence-corrected chi connectivity index (χ4v) is 3.83. The first-order valence-electron chi connectivity index (χ1n) is 9.61. The van der Waals surface area contributed by atoms with Gasteiger partial charge in [-0.05, 0) is 64.8 Å². The van der Waals surface area contributed by atoms with E-state index in [-0.39, 0.29) is 30.0 Å². The second-order valence-electron chi connectivity index (χ2n) is 7.05. The van der Waals surface area contributed by atoms with Gasteiger partial charge in [0.1, 0.15) is 11.5 Å². The van der Waals surface area contributed by atoms with Gasteiger partial charge in [-0.1, -0.05) is 12.8 Å². The van der Waals surface area contributed by atoms with Crippen molar-refractivity contribution in [2.75, 3.05) is 26.2 Å². The van der Waals surface area contributed by atoms with Crippen molar-refractivity contribution in [2.45, 2.75) is 64.5 Å². The lowest BCUT2D eigenvalue weighted by molar-refractivity contribution is 0.219. The number of aryl methyl sites for hydroxylation is 1. The van der Waals surface area contributed by atoms with Gasteiger partial charge in [0.15, 0.2) is 5.96 Å². The molecule has 0 bridgehead atoms. The van der Waals surface area contributed by atoms with E-state index < -0.39 is 0 Å². The van der Waals surface area contributed by atoms with Crippen LogP contribution in [0.1, 0.15) is 63.0 Å². The number of likely N-dealkylation sites (tertiary alicyclic amines) is 1. The van der Waals surface area contributed by atoms with Crippen LogP contribution in [0, 0.1) is 6.92 Å². The summed E-state index contributed by atoms with van der Waals surface area (Å²) in [5.41, 5.74) is 0. The lowest BCUT2D eigenvalue weighted by atomic mass is 10.2. The lowest BCUT2D eigenvalue weighted by Crippen LogP contribution is -2.43. The molecule has 1 saturated heterocycles. The Hall–Kier alpha value is -0.760. The third-order valence-corrected chi connectivity index (χ3v) is 5.13. The van der Waals surface area contributed by atoms with Crippen LogP contribution < -0.4 is 10.6 Å². The minimum Gasteiger partial charge on any atom is -0.465 e. The van der Waals surface area contributed by atoms with Crippen LogP contribution >= 0.6 is 24.0 Å². The Morgan fingerprint density at radius 3 is 2.56 bits per heavy atom. The van der Waals surface area contributed by atoms with Crippen molar-refractivity contribution in [3.05, 3.63) is 23.7 Å². The number of nitrogens with one attached hydrogen (secondary N) is 2. The molecule has 1 aliphatic carbocycles. The second kappa shape index (κ2) is 10.4. The molecule has 1 aliphatic heterocycles. The number of halogens is 1. The van der Waals surface area contributed by atoms with Crippen molar-refractivity contribution < 1.29 is 4.42 Å². The number of furan rings is 1. The van der Waals surface area contributed by atoms with Crippen LogP contribution in [0.5, 0.6) is 0 Å². The van der Waals surface area contributed by atoms with E-state index in [2.05, 4.69) is 34.6 Å². The molecule has 2 fully saturated rings. The number of hydrogen-bond acceptors (Lipinski definition) is 3. The van der Waals surface area contributed by atoms with E-state index in [4.69, 9.17) is 9.41 Å². The molecule has 1 saturated carbocycles. The van der Waals surface area contributed by atoms with Gasteiger partial charge < -0.3 is 15.1 Å². The molecule has 1 unspecified atom stereocenters.